The van der Waals surface area contributed by atoms with Crippen molar-refractivity contribution < 1.29 is 14.6 Å². The molecule has 0 aromatic heterocycles. The Bertz CT molecular complexity index is 127. The van der Waals surface area contributed by atoms with Crippen molar-refractivity contribution in [3.63, 3.8) is 0 Å². The summed E-state index contributed by atoms with van der Waals surface area (Å²) in [4.78, 5) is 10.2. The lowest BCUT2D eigenvalue weighted by Crippen LogP contribution is -2.31. The van der Waals surface area contributed by atoms with Gasteiger partial charge in [-0.05, 0) is 12.8 Å². The molecule has 72 valence electrons. The summed E-state index contributed by atoms with van der Waals surface area (Å²) in [5.41, 5.74) is 5.25. The van der Waals surface area contributed by atoms with Crippen molar-refractivity contribution in [3.8, 4) is 0 Å². The Labute approximate surface area is 72.7 Å². The number of rotatable bonds is 7. The molecular weight excluding hydrogens is 158 g/mol. The molecule has 0 aliphatic carbocycles. The lowest BCUT2D eigenvalue weighted by molar-refractivity contribution is -0.139. The van der Waals surface area contributed by atoms with Crippen LogP contribution in [0.25, 0.3) is 0 Å². The molecule has 0 amide bonds. The lowest BCUT2D eigenvalue weighted by Gasteiger charge is -2.06. The van der Waals surface area contributed by atoms with Gasteiger partial charge in [0.25, 0.3) is 0 Å². The minimum Gasteiger partial charge on any atom is -0.480 e. The van der Waals surface area contributed by atoms with Gasteiger partial charge in [-0.3, -0.25) is 4.79 Å². The molecular formula is C8H17NO3. The van der Waals surface area contributed by atoms with Gasteiger partial charge in [0, 0.05) is 13.2 Å². The van der Waals surface area contributed by atoms with E-state index < -0.39 is 12.0 Å². The van der Waals surface area contributed by atoms with Crippen molar-refractivity contribution in [1.82, 2.24) is 0 Å². The molecule has 0 unspecified atom stereocenters. The molecule has 0 heterocycles. The summed E-state index contributed by atoms with van der Waals surface area (Å²) >= 11 is 0. The van der Waals surface area contributed by atoms with E-state index in [0.29, 0.717) is 19.6 Å². The van der Waals surface area contributed by atoms with Crippen LogP contribution in [-0.4, -0.2) is 30.3 Å². The average molecular weight is 175 g/mol. The van der Waals surface area contributed by atoms with E-state index in [4.69, 9.17) is 15.6 Å². The van der Waals surface area contributed by atoms with Crippen LogP contribution in [-0.2, 0) is 9.53 Å². The van der Waals surface area contributed by atoms with E-state index >= 15 is 0 Å². The van der Waals surface area contributed by atoms with E-state index in [0.717, 1.165) is 12.8 Å². The van der Waals surface area contributed by atoms with E-state index in [1.54, 1.807) is 0 Å². The Kier molecular flexibility index (Phi) is 6.70. The van der Waals surface area contributed by atoms with E-state index in [1.165, 1.54) is 0 Å². The molecule has 0 aliphatic heterocycles. The molecule has 0 rings (SSSR count). The van der Waals surface area contributed by atoms with Crippen molar-refractivity contribution >= 4 is 5.97 Å². The van der Waals surface area contributed by atoms with Crippen molar-refractivity contribution in [2.24, 2.45) is 5.73 Å². The highest BCUT2D eigenvalue weighted by Crippen LogP contribution is 1.92. The zero-order chi connectivity index (χ0) is 9.40. The van der Waals surface area contributed by atoms with Crippen molar-refractivity contribution in [1.29, 1.82) is 0 Å². The summed E-state index contributed by atoms with van der Waals surface area (Å²) < 4.78 is 5.15. The molecule has 1 atom stereocenters. The van der Waals surface area contributed by atoms with E-state index in [1.807, 2.05) is 0 Å². The zero-order valence-corrected chi connectivity index (χ0v) is 7.45. The Morgan fingerprint density at radius 3 is 2.75 bits per heavy atom. The standard InChI is InChI=1S/C8H17NO3/c1-2-3-5-12-6-4-7(9)8(10)11/h7H,2-6,9H2,1H3,(H,10,11)/t7-/m1/s1. The number of carboxylic acids is 1. The zero-order valence-electron chi connectivity index (χ0n) is 7.45. The lowest BCUT2D eigenvalue weighted by atomic mass is 10.2. The predicted molar refractivity (Wildman–Crippen MR) is 46.0 cm³/mol. The summed E-state index contributed by atoms with van der Waals surface area (Å²) in [7, 11) is 0. The van der Waals surface area contributed by atoms with Crippen LogP contribution in [0, 0.1) is 0 Å². The van der Waals surface area contributed by atoms with Crippen LogP contribution in [0.4, 0.5) is 0 Å². The number of carboxylic acid groups (broad SMARTS) is 1. The van der Waals surface area contributed by atoms with Crippen molar-refractivity contribution in [2.45, 2.75) is 32.2 Å². The number of carbonyl (C=O) groups is 1. The van der Waals surface area contributed by atoms with Gasteiger partial charge in [-0.15, -0.1) is 0 Å². The predicted octanol–water partition coefficient (Wildman–Crippen LogP) is 0.605. The second-order valence-corrected chi connectivity index (χ2v) is 2.70. The number of hydrogen-bond donors (Lipinski definition) is 2. The third-order valence-electron chi connectivity index (χ3n) is 1.53. The molecule has 0 spiro atoms. The molecule has 3 N–H and O–H groups in total. The fourth-order valence-corrected chi connectivity index (χ4v) is 0.682. The SMILES string of the molecule is CCCCOCC[C@@H](N)C(=O)O. The second-order valence-electron chi connectivity index (χ2n) is 2.70. The van der Waals surface area contributed by atoms with Gasteiger partial charge < -0.3 is 15.6 Å². The molecule has 0 fully saturated rings. The van der Waals surface area contributed by atoms with E-state index in [9.17, 15) is 4.79 Å². The third kappa shape index (κ3) is 6.12. The number of nitrogens with two attached hydrogens (primary N) is 1. The van der Waals surface area contributed by atoms with Crippen LogP contribution in [0.5, 0.6) is 0 Å². The smallest absolute Gasteiger partial charge is 0.320 e. The Hall–Kier alpha value is -0.610. The fourth-order valence-electron chi connectivity index (χ4n) is 0.682. The highest BCUT2D eigenvalue weighted by molar-refractivity contribution is 5.72. The maximum absolute atomic E-state index is 10.2. The molecule has 4 nitrogen and oxygen atoms in total. The highest BCUT2D eigenvalue weighted by Gasteiger charge is 2.09. The van der Waals surface area contributed by atoms with Gasteiger partial charge in [0.15, 0.2) is 0 Å². The molecule has 0 aromatic rings. The molecule has 4 heteroatoms. The van der Waals surface area contributed by atoms with Gasteiger partial charge in [0.05, 0.1) is 0 Å². The maximum Gasteiger partial charge on any atom is 0.320 e. The topological polar surface area (TPSA) is 72.5 Å². The van der Waals surface area contributed by atoms with E-state index in [2.05, 4.69) is 6.92 Å². The number of hydrogen-bond acceptors (Lipinski definition) is 3. The van der Waals surface area contributed by atoms with Gasteiger partial charge in [-0.25, -0.2) is 0 Å². The van der Waals surface area contributed by atoms with Gasteiger partial charge in [0.2, 0.25) is 0 Å². The Balaban J connectivity index is 3.14. The van der Waals surface area contributed by atoms with Crippen molar-refractivity contribution in [2.75, 3.05) is 13.2 Å². The van der Waals surface area contributed by atoms with Gasteiger partial charge in [-0.2, -0.15) is 0 Å². The second kappa shape index (κ2) is 7.06. The van der Waals surface area contributed by atoms with Gasteiger partial charge in [0.1, 0.15) is 6.04 Å². The molecule has 0 aromatic carbocycles. The molecule has 0 radical (unpaired) electrons. The maximum atomic E-state index is 10.2. The molecule has 0 saturated heterocycles. The van der Waals surface area contributed by atoms with Crippen LogP contribution >= 0.6 is 0 Å². The minimum atomic E-state index is -0.964. The number of ether oxygens (including phenoxy) is 1. The Morgan fingerprint density at radius 2 is 2.25 bits per heavy atom. The number of aliphatic carboxylic acids is 1. The fraction of sp³-hybridized carbons (Fsp3) is 0.875. The highest BCUT2D eigenvalue weighted by atomic mass is 16.5. The quantitative estimate of drug-likeness (QED) is 0.556. The molecule has 12 heavy (non-hydrogen) atoms. The average Bonchev–Trinajstić information content (AvgIpc) is 2.03. The van der Waals surface area contributed by atoms with Crippen LogP contribution in [0.2, 0.25) is 0 Å². The minimum absolute atomic E-state index is 0.388. The van der Waals surface area contributed by atoms with Crippen molar-refractivity contribution in [3.05, 3.63) is 0 Å². The summed E-state index contributed by atoms with van der Waals surface area (Å²) in [6.45, 7) is 3.21. The third-order valence-corrected chi connectivity index (χ3v) is 1.53. The normalized spacial score (nSPS) is 12.8. The number of unbranched alkanes of at least 4 members (excludes halogenated alkanes) is 1. The Morgan fingerprint density at radius 1 is 1.58 bits per heavy atom. The first-order chi connectivity index (χ1) is 5.68. The van der Waals surface area contributed by atoms with Gasteiger partial charge >= 0.3 is 5.97 Å². The molecule has 0 saturated carbocycles. The summed E-state index contributed by atoms with van der Waals surface area (Å²) in [5.74, 6) is -0.964. The van der Waals surface area contributed by atoms with Crippen LogP contribution in [0.1, 0.15) is 26.2 Å². The molecule has 0 aliphatic rings. The summed E-state index contributed by atoms with van der Waals surface area (Å²) in [5, 5.41) is 8.40. The summed E-state index contributed by atoms with van der Waals surface area (Å²) in [6, 6.07) is -0.786. The first kappa shape index (κ1) is 11.4. The van der Waals surface area contributed by atoms with Crippen LogP contribution in [0.3, 0.4) is 0 Å². The first-order valence-corrected chi connectivity index (χ1v) is 4.24. The van der Waals surface area contributed by atoms with Crippen LogP contribution in [0.15, 0.2) is 0 Å². The summed E-state index contributed by atoms with van der Waals surface area (Å²) in [6.07, 6.45) is 2.49. The largest absolute Gasteiger partial charge is 0.480 e. The van der Waals surface area contributed by atoms with Crippen LogP contribution < -0.4 is 5.73 Å². The monoisotopic (exact) mass is 175 g/mol. The van der Waals surface area contributed by atoms with Gasteiger partial charge in [-0.1, -0.05) is 13.3 Å². The first-order valence-electron chi connectivity index (χ1n) is 4.24. The molecule has 0 bridgehead atoms. The van der Waals surface area contributed by atoms with E-state index in [-0.39, 0.29) is 0 Å².